The summed E-state index contributed by atoms with van der Waals surface area (Å²) in [5.41, 5.74) is 7.66. The van der Waals surface area contributed by atoms with Crippen LogP contribution >= 0.6 is 0 Å². The molecular weight excluding hydrogens is 552 g/mol. The summed E-state index contributed by atoms with van der Waals surface area (Å²) in [6, 6.07) is 13.6. The van der Waals surface area contributed by atoms with Gasteiger partial charge in [-0.05, 0) is 93.3 Å². The predicted molar refractivity (Wildman–Crippen MR) is 169 cm³/mol. The van der Waals surface area contributed by atoms with Gasteiger partial charge in [0.25, 0.3) is 5.91 Å². The molecule has 8 heteroatoms. The van der Waals surface area contributed by atoms with Crippen molar-refractivity contribution in [1.82, 2.24) is 19.8 Å². The molecule has 1 aromatic heterocycles. The number of carbonyl (C=O) groups is 2. The smallest absolute Gasteiger partial charge is 0.274 e. The van der Waals surface area contributed by atoms with Crippen molar-refractivity contribution in [3.63, 3.8) is 0 Å². The highest BCUT2D eigenvalue weighted by atomic mass is 16.5. The molecule has 2 N–H and O–H groups in total. The van der Waals surface area contributed by atoms with Crippen molar-refractivity contribution in [2.45, 2.75) is 102 Å². The first kappa shape index (κ1) is 28.1. The Kier molecular flexibility index (Phi) is 6.61. The van der Waals surface area contributed by atoms with Gasteiger partial charge in [0.15, 0.2) is 0 Å². The van der Waals surface area contributed by atoms with E-state index in [1.807, 2.05) is 17.6 Å². The van der Waals surface area contributed by atoms with Crippen LogP contribution in [0.2, 0.25) is 0 Å². The molecule has 8 rings (SSSR count). The van der Waals surface area contributed by atoms with E-state index in [4.69, 9.17) is 4.74 Å². The van der Waals surface area contributed by atoms with E-state index < -0.39 is 11.3 Å². The molecular formula is C36H44N4O4. The highest BCUT2D eigenvalue weighted by molar-refractivity contribution is 6.01. The second kappa shape index (κ2) is 10.3. The maximum atomic E-state index is 14.9. The molecule has 44 heavy (non-hydrogen) atoms. The first-order chi connectivity index (χ1) is 21.3. The zero-order chi connectivity index (χ0) is 30.3. The number of likely N-dealkylation sites (tertiary alicyclic amines) is 1. The van der Waals surface area contributed by atoms with Crippen LogP contribution in [0.25, 0.3) is 22.2 Å². The zero-order valence-corrected chi connectivity index (χ0v) is 26.1. The number of benzene rings is 2. The van der Waals surface area contributed by atoms with E-state index in [9.17, 15) is 14.8 Å². The molecule has 3 aromatic rings. The summed E-state index contributed by atoms with van der Waals surface area (Å²) < 4.78 is 8.12. The van der Waals surface area contributed by atoms with Gasteiger partial charge < -0.3 is 14.2 Å². The van der Waals surface area contributed by atoms with Crippen LogP contribution in [0.3, 0.4) is 0 Å². The molecule has 5 aliphatic rings. The Morgan fingerprint density at radius 3 is 2.43 bits per heavy atom. The summed E-state index contributed by atoms with van der Waals surface area (Å²) >= 11 is 0. The number of piperazine rings is 1. The van der Waals surface area contributed by atoms with E-state index in [-0.39, 0.29) is 11.8 Å². The van der Waals surface area contributed by atoms with Gasteiger partial charge in [-0.3, -0.25) is 19.7 Å². The average Bonchev–Trinajstić information content (AvgIpc) is 3.63. The Bertz CT molecular complexity index is 1640. The van der Waals surface area contributed by atoms with Crippen LogP contribution in [-0.4, -0.2) is 69.7 Å². The fraction of sp³-hybridized carbons (Fsp3) is 0.556. The van der Waals surface area contributed by atoms with Gasteiger partial charge in [-0.1, -0.05) is 25.3 Å². The van der Waals surface area contributed by atoms with Crippen molar-refractivity contribution in [3.05, 3.63) is 53.1 Å². The molecule has 2 saturated carbocycles. The molecule has 4 fully saturated rings. The number of fused-ring (bicyclic) bond motifs is 9. The lowest BCUT2D eigenvalue weighted by Gasteiger charge is -2.44. The number of carbonyl (C=O) groups excluding carboxylic acids is 2. The molecule has 2 saturated heterocycles. The van der Waals surface area contributed by atoms with Crippen LogP contribution in [-0.2, 0) is 11.3 Å². The van der Waals surface area contributed by atoms with E-state index in [0.29, 0.717) is 36.2 Å². The van der Waals surface area contributed by atoms with Crippen molar-refractivity contribution in [2.75, 3.05) is 20.2 Å². The van der Waals surface area contributed by atoms with Gasteiger partial charge in [-0.2, -0.15) is 0 Å². The van der Waals surface area contributed by atoms with Crippen molar-refractivity contribution in [1.29, 1.82) is 0 Å². The van der Waals surface area contributed by atoms with Crippen LogP contribution in [0.1, 0.15) is 98.5 Å². The standard InChI is InChI=1S/C36H44N4O4/c1-21(2)40-24-10-11-25(40)19-38(18-24)35(42)36-17-30(36)29-16-26(44-3)12-14-27(29)33-32(22-7-5-4-6-8-22)28-13-9-23(34(41)37-43)15-31(28)39(33)20-36/h9,12-16,21-22,24-25,30,43H,4-8,10-11,17-20H2,1-3H3,(H,37,41). The first-order valence-corrected chi connectivity index (χ1v) is 16.7. The van der Waals surface area contributed by atoms with E-state index in [2.05, 4.69) is 52.5 Å². The number of ether oxygens (including phenoxy) is 1. The third kappa shape index (κ3) is 4.09. The van der Waals surface area contributed by atoms with Crippen molar-refractivity contribution in [2.24, 2.45) is 5.41 Å². The maximum Gasteiger partial charge on any atom is 0.274 e. The Balaban J connectivity index is 1.30. The average molecular weight is 597 g/mol. The van der Waals surface area contributed by atoms with Gasteiger partial charge in [-0.15, -0.1) is 0 Å². The number of methoxy groups -OCH3 is 1. The fourth-order valence-corrected chi connectivity index (χ4v) is 9.75. The minimum absolute atomic E-state index is 0.124. The molecule has 2 amide bonds. The van der Waals surface area contributed by atoms with Crippen LogP contribution in [0.5, 0.6) is 5.75 Å². The number of aromatic nitrogens is 1. The summed E-state index contributed by atoms with van der Waals surface area (Å²) in [5, 5.41) is 10.6. The molecule has 0 radical (unpaired) electrons. The third-order valence-corrected chi connectivity index (χ3v) is 11.7. The Morgan fingerprint density at radius 2 is 1.75 bits per heavy atom. The van der Waals surface area contributed by atoms with E-state index in [1.165, 1.54) is 41.6 Å². The Labute approximate surface area is 259 Å². The van der Waals surface area contributed by atoms with Crippen molar-refractivity contribution < 1.29 is 19.5 Å². The number of hydrogen-bond acceptors (Lipinski definition) is 5. The highest BCUT2D eigenvalue weighted by Gasteiger charge is 2.64. The SMILES string of the molecule is COc1ccc2c(c1)C1CC1(C(=O)N1CC3CCC(C1)N3C(C)C)Cn1c-2c(C2CCCCC2)c2ccc(C(=O)NO)cc21. The molecule has 4 heterocycles. The van der Waals surface area contributed by atoms with Crippen LogP contribution in [0.15, 0.2) is 36.4 Å². The monoisotopic (exact) mass is 596 g/mol. The lowest BCUT2D eigenvalue weighted by atomic mass is 9.81. The predicted octanol–water partition coefficient (Wildman–Crippen LogP) is 6.05. The second-order valence-electron chi connectivity index (χ2n) is 14.4. The molecule has 2 aliphatic carbocycles. The quantitative estimate of drug-likeness (QED) is 0.277. The summed E-state index contributed by atoms with van der Waals surface area (Å²) in [6.45, 7) is 6.76. The maximum absolute atomic E-state index is 14.9. The summed E-state index contributed by atoms with van der Waals surface area (Å²) in [4.78, 5) is 32.3. The van der Waals surface area contributed by atoms with Gasteiger partial charge in [0.1, 0.15) is 5.75 Å². The normalized spacial score (nSPS) is 27.9. The van der Waals surface area contributed by atoms with Crippen LogP contribution in [0, 0.1) is 5.41 Å². The summed E-state index contributed by atoms with van der Waals surface area (Å²) in [7, 11) is 1.71. The first-order valence-electron chi connectivity index (χ1n) is 16.7. The van der Waals surface area contributed by atoms with Crippen LogP contribution in [0.4, 0.5) is 0 Å². The molecule has 8 nitrogen and oxygen atoms in total. The molecule has 232 valence electrons. The topological polar surface area (TPSA) is 87.0 Å². The van der Waals surface area contributed by atoms with Crippen LogP contribution < -0.4 is 10.2 Å². The number of amides is 2. The Hall–Kier alpha value is -3.36. The van der Waals surface area contributed by atoms with Crippen molar-refractivity contribution in [3.8, 4) is 17.0 Å². The molecule has 0 spiro atoms. The van der Waals surface area contributed by atoms with Crippen molar-refractivity contribution >= 4 is 22.7 Å². The molecule has 4 unspecified atom stereocenters. The number of rotatable bonds is 5. The molecule has 4 atom stereocenters. The number of nitrogens with one attached hydrogen (secondary N) is 1. The molecule has 2 bridgehead atoms. The Morgan fingerprint density at radius 1 is 1.00 bits per heavy atom. The lowest BCUT2D eigenvalue weighted by Crippen LogP contribution is -2.58. The lowest BCUT2D eigenvalue weighted by molar-refractivity contribution is -0.141. The molecule has 2 aromatic carbocycles. The van der Waals surface area contributed by atoms with Gasteiger partial charge in [0.2, 0.25) is 5.91 Å². The fourth-order valence-electron chi connectivity index (χ4n) is 9.75. The summed E-state index contributed by atoms with van der Waals surface area (Å²) in [5.74, 6) is 1.14. The minimum atomic E-state index is -0.531. The minimum Gasteiger partial charge on any atom is -0.497 e. The van der Waals surface area contributed by atoms with E-state index in [1.54, 1.807) is 7.11 Å². The highest BCUT2D eigenvalue weighted by Crippen LogP contribution is 2.66. The summed E-state index contributed by atoms with van der Waals surface area (Å²) in [6.07, 6.45) is 9.14. The molecule has 3 aliphatic heterocycles. The largest absolute Gasteiger partial charge is 0.497 e. The number of hydroxylamine groups is 1. The zero-order valence-electron chi connectivity index (χ0n) is 26.1. The number of hydrogen-bond donors (Lipinski definition) is 2. The van der Waals surface area contributed by atoms with Gasteiger partial charge in [0.05, 0.1) is 18.2 Å². The van der Waals surface area contributed by atoms with E-state index in [0.717, 1.165) is 61.8 Å². The van der Waals surface area contributed by atoms with Gasteiger partial charge in [-0.25, -0.2) is 5.48 Å². The second-order valence-corrected chi connectivity index (χ2v) is 14.4. The van der Waals surface area contributed by atoms with E-state index >= 15 is 0 Å². The third-order valence-electron chi connectivity index (χ3n) is 11.7. The van der Waals surface area contributed by atoms with Gasteiger partial charge in [0, 0.05) is 65.7 Å². The van der Waals surface area contributed by atoms with Gasteiger partial charge >= 0.3 is 0 Å². The number of nitrogens with zero attached hydrogens (tertiary/aromatic N) is 3.